The van der Waals surface area contributed by atoms with Gasteiger partial charge in [0.25, 0.3) is 5.91 Å². The van der Waals surface area contributed by atoms with Gasteiger partial charge in [0, 0.05) is 0 Å². The summed E-state index contributed by atoms with van der Waals surface area (Å²) in [6, 6.07) is 8.35. The number of rotatable bonds is 5. The molecule has 0 fully saturated rings. The number of hydrogen-bond donors (Lipinski definition) is 1. The molecule has 0 saturated heterocycles. The molecular weight excluding hydrogens is 364 g/mol. The van der Waals surface area contributed by atoms with E-state index in [9.17, 15) is 9.18 Å². The Morgan fingerprint density at radius 2 is 1.74 bits per heavy atom. The van der Waals surface area contributed by atoms with Gasteiger partial charge in [0.1, 0.15) is 11.6 Å². The Labute approximate surface area is 148 Å². The monoisotopic (exact) mass is 375 g/mol. The van der Waals surface area contributed by atoms with E-state index in [4.69, 9.17) is 39.5 Å². The van der Waals surface area contributed by atoms with Crippen molar-refractivity contribution in [1.82, 2.24) is 0 Å². The summed E-state index contributed by atoms with van der Waals surface area (Å²) < 4.78 is 18.5. The van der Waals surface area contributed by atoms with Gasteiger partial charge in [0.2, 0.25) is 0 Å². The highest BCUT2D eigenvalue weighted by atomic mass is 35.5. The fourth-order valence-electron chi connectivity index (χ4n) is 1.83. The van der Waals surface area contributed by atoms with E-state index in [1.807, 2.05) is 0 Å². The average Bonchev–Trinajstić information content (AvgIpc) is 2.52. The Morgan fingerprint density at radius 3 is 2.35 bits per heavy atom. The summed E-state index contributed by atoms with van der Waals surface area (Å²) >= 11 is 17.8. The largest absolute Gasteiger partial charge is 0.481 e. The molecule has 122 valence electrons. The molecule has 0 aliphatic carbocycles. The maximum atomic E-state index is 12.9. The molecule has 0 bridgehead atoms. The highest BCUT2D eigenvalue weighted by molar-refractivity contribution is 6.44. The van der Waals surface area contributed by atoms with Crippen LogP contribution in [0.3, 0.4) is 0 Å². The molecule has 0 aromatic heterocycles. The maximum Gasteiger partial charge on any atom is 0.265 e. The van der Waals surface area contributed by atoms with E-state index in [1.54, 1.807) is 6.92 Å². The summed E-state index contributed by atoms with van der Waals surface area (Å²) in [4.78, 5) is 12.3. The highest BCUT2D eigenvalue weighted by Crippen LogP contribution is 2.32. The van der Waals surface area contributed by atoms with Gasteiger partial charge in [-0.15, -0.1) is 0 Å². The zero-order valence-electron chi connectivity index (χ0n) is 12.1. The van der Waals surface area contributed by atoms with Crippen molar-refractivity contribution in [3.8, 4) is 5.75 Å². The Hall–Kier alpha value is -1.49. The van der Waals surface area contributed by atoms with Crippen molar-refractivity contribution in [2.45, 2.75) is 19.4 Å². The number of carbonyl (C=O) groups is 1. The van der Waals surface area contributed by atoms with Crippen LogP contribution in [0.1, 0.15) is 13.3 Å². The minimum Gasteiger partial charge on any atom is -0.481 e. The molecule has 0 unspecified atom stereocenters. The Kier molecular flexibility index (Phi) is 6.10. The highest BCUT2D eigenvalue weighted by Gasteiger charge is 2.20. The van der Waals surface area contributed by atoms with Crippen molar-refractivity contribution in [2.75, 3.05) is 5.32 Å². The second-order valence-corrected chi connectivity index (χ2v) is 5.93. The van der Waals surface area contributed by atoms with Crippen LogP contribution in [0.25, 0.3) is 0 Å². The second kappa shape index (κ2) is 7.86. The summed E-state index contributed by atoms with van der Waals surface area (Å²) in [5, 5.41) is 3.49. The zero-order chi connectivity index (χ0) is 17.0. The molecule has 23 heavy (non-hydrogen) atoms. The third-order valence-corrected chi connectivity index (χ3v) is 4.06. The van der Waals surface area contributed by atoms with Gasteiger partial charge < -0.3 is 10.1 Å². The number of halogens is 4. The molecule has 7 heteroatoms. The van der Waals surface area contributed by atoms with Gasteiger partial charge in [0.15, 0.2) is 6.10 Å². The van der Waals surface area contributed by atoms with Gasteiger partial charge in [-0.05, 0) is 42.8 Å². The fraction of sp³-hybridized carbons (Fsp3) is 0.188. The number of hydrogen-bond acceptors (Lipinski definition) is 2. The number of benzene rings is 2. The number of carbonyl (C=O) groups excluding carboxylic acids is 1. The van der Waals surface area contributed by atoms with E-state index in [1.165, 1.54) is 36.4 Å². The van der Waals surface area contributed by atoms with Gasteiger partial charge in [0.05, 0.1) is 20.8 Å². The fourth-order valence-corrected chi connectivity index (χ4v) is 2.43. The van der Waals surface area contributed by atoms with Crippen molar-refractivity contribution >= 4 is 46.4 Å². The average molecular weight is 377 g/mol. The van der Waals surface area contributed by atoms with Crippen molar-refractivity contribution in [1.29, 1.82) is 0 Å². The molecule has 0 saturated carbocycles. The van der Waals surface area contributed by atoms with Crippen LogP contribution >= 0.6 is 34.8 Å². The van der Waals surface area contributed by atoms with E-state index < -0.39 is 12.0 Å². The number of ether oxygens (including phenoxy) is 1. The van der Waals surface area contributed by atoms with Crippen LogP contribution in [0.5, 0.6) is 5.75 Å². The van der Waals surface area contributed by atoms with Crippen LogP contribution in [-0.2, 0) is 4.79 Å². The first-order valence-electron chi connectivity index (χ1n) is 6.78. The topological polar surface area (TPSA) is 38.3 Å². The molecule has 0 spiro atoms. The predicted octanol–water partition coefficient (Wildman–Crippen LogP) is 5.58. The van der Waals surface area contributed by atoms with Gasteiger partial charge in [-0.2, -0.15) is 0 Å². The lowest BCUT2D eigenvalue weighted by molar-refractivity contribution is -0.122. The minimum atomic E-state index is -0.758. The van der Waals surface area contributed by atoms with E-state index in [0.29, 0.717) is 22.9 Å². The molecule has 0 radical (unpaired) electrons. The van der Waals surface area contributed by atoms with Gasteiger partial charge >= 0.3 is 0 Å². The zero-order valence-corrected chi connectivity index (χ0v) is 14.3. The molecule has 3 nitrogen and oxygen atoms in total. The molecule has 1 N–H and O–H groups in total. The molecule has 0 aliphatic rings. The Balaban J connectivity index is 2.11. The SMILES string of the molecule is CC[C@H](Oc1ccc(F)cc1)C(=O)Nc1cc(Cl)c(Cl)cc1Cl. The second-order valence-electron chi connectivity index (χ2n) is 4.70. The number of nitrogens with one attached hydrogen (secondary N) is 1. The van der Waals surface area contributed by atoms with E-state index in [0.717, 1.165) is 0 Å². The van der Waals surface area contributed by atoms with Crippen molar-refractivity contribution < 1.29 is 13.9 Å². The molecule has 2 rings (SSSR count). The van der Waals surface area contributed by atoms with E-state index in [-0.39, 0.29) is 15.9 Å². The van der Waals surface area contributed by atoms with Gasteiger partial charge in [-0.25, -0.2) is 4.39 Å². The molecular formula is C16H13Cl3FNO2. The van der Waals surface area contributed by atoms with Crippen LogP contribution in [0, 0.1) is 5.82 Å². The van der Waals surface area contributed by atoms with Crippen molar-refractivity contribution in [3.05, 3.63) is 57.3 Å². The lowest BCUT2D eigenvalue weighted by atomic mass is 10.2. The third kappa shape index (κ3) is 4.74. The summed E-state index contributed by atoms with van der Waals surface area (Å²) in [5.41, 5.74) is 0.340. The molecule has 0 heterocycles. The summed E-state index contributed by atoms with van der Waals surface area (Å²) in [6.07, 6.45) is -0.340. The first-order chi connectivity index (χ1) is 10.9. The normalized spacial score (nSPS) is 11.9. The van der Waals surface area contributed by atoms with Crippen LogP contribution in [0.15, 0.2) is 36.4 Å². The maximum absolute atomic E-state index is 12.9. The number of anilines is 1. The standard InChI is InChI=1S/C16H13Cl3FNO2/c1-2-15(23-10-5-3-9(20)4-6-10)16(22)21-14-8-12(18)11(17)7-13(14)19/h3-8,15H,2H2,1H3,(H,21,22)/t15-/m0/s1. The quantitative estimate of drug-likeness (QED) is 0.692. The lowest BCUT2D eigenvalue weighted by Gasteiger charge is -2.18. The van der Waals surface area contributed by atoms with Crippen LogP contribution in [0.4, 0.5) is 10.1 Å². The molecule has 1 amide bonds. The van der Waals surface area contributed by atoms with E-state index in [2.05, 4.69) is 5.32 Å². The smallest absolute Gasteiger partial charge is 0.265 e. The van der Waals surface area contributed by atoms with Crippen LogP contribution in [-0.4, -0.2) is 12.0 Å². The van der Waals surface area contributed by atoms with E-state index >= 15 is 0 Å². The molecule has 0 aliphatic heterocycles. The minimum absolute atomic E-state index is 0.268. The summed E-state index contributed by atoms with van der Waals surface area (Å²) in [6.45, 7) is 1.80. The molecule has 1 atom stereocenters. The van der Waals surface area contributed by atoms with Gasteiger partial charge in [-0.1, -0.05) is 41.7 Å². The summed E-state index contributed by atoms with van der Waals surface area (Å²) in [7, 11) is 0. The molecule has 2 aromatic carbocycles. The first-order valence-corrected chi connectivity index (χ1v) is 7.91. The molecule has 2 aromatic rings. The van der Waals surface area contributed by atoms with Crippen molar-refractivity contribution in [3.63, 3.8) is 0 Å². The Morgan fingerprint density at radius 1 is 1.13 bits per heavy atom. The van der Waals surface area contributed by atoms with Crippen molar-refractivity contribution in [2.24, 2.45) is 0 Å². The lowest BCUT2D eigenvalue weighted by Crippen LogP contribution is -2.32. The van der Waals surface area contributed by atoms with Crippen LogP contribution in [0.2, 0.25) is 15.1 Å². The first kappa shape index (κ1) is 17.9. The Bertz CT molecular complexity index is 707. The van der Waals surface area contributed by atoms with Crippen LogP contribution < -0.4 is 10.1 Å². The third-order valence-electron chi connectivity index (χ3n) is 3.02. The number of amides is 1. The summed E-state index contributed by atoms with van der Waals surface area (Å²) in [5.74, 6) is -0.372. The predicted molar refractivity (Wildman–Crippen MR) is 91.2 cm³/mol. The van der Waals surface area contributed by atoms with Gasteiger partial charge in [-0.3, -0.25) is 4.79 Å².